The van der Waals surface area contributed by atoms with Crippen molar-refractivity contribution in [1.29, 1.82) is 0 Å². The van der Waals surface area contributed by atoms with E-state index in [1.54, 1.807) is 6.92 Å². The van der Waals surface area contributed by atoms with Gasteiger partial charge in [-0.3, -0.25) is 4.79 Å². The first-order chi connectivity index (χ1) is 20.6. The minimum absolute atomic E-state index is 0.0228. The van der Waals surface area contributed by atoms with Gasteiger partial charge in [0.1, 0.15) is 11.9 Å². The lowest BCUT2D eigenvalue weighted by Crippen LogP contribution is -2.28. The molecule has 224 valence electrons. The predicted octanol–water partition coefficient (Wildman–Crippen LogP) is 8.98. The average Bonchev–Trinajstić information content (AvgIpc) is 3.41. The Balaban J connectivity index is 1.21. The summed E-state index contributed by atoms with van der Waals surface area (Å²) in [5.41, 5.74) is 4.26. The number of aromatic nitrogens is 2. The highest BCUT2D eigenvalue weighted by Crippen LogP contribution is 2.23. The number of H-pyrrole nitrogens is 1. The Morgan fingerprint density at radius 1 is 0.786 bits per heavy atom. The molecule has 4 aromatic rings. The van der Waals surface area contributed by atoms with E-state index in [1.165, 1.54) is 70.6 Å². The monoisotopic (exact) mass is 568 g/mol. The van der Waals surface area contributed by atoms with Gasteiger partial charge in [0.2, 0.25) is 5.91 Å². The van der Waals surface area contributed by atoms with Crippen LogP contribution in [0.25, 0.3) is 5.52 Å². The fraction of sp³-hybridized carbons (Fsp3) is 0.459. The number of carbonyl (C=O) groups is 1. The van der Waals surface area contributed by atoms with Crippen LogP contribution in [0.2, 0.25) is 0 Å². The molecular formula is C37H50N3O2+. The number of benzene rings is 2. The molecule has 0 aliphatic carbocycles. The molecule has 0 saturated carbocycles. The molecule has 0 spiro atoms. The first-order valence-electron chi connectivity index (χ1n) is 16.2. The minimum atomic E-state index is 0.0228. The van der Waals surface area contributed by atoms with Gasteiger partial charge in [0.05, 0.1) is 25.8 Å². The fourth-order valence-electron chi connectivity index (χ4n) is 5.64. The molecule has 2 heterocycles. The molecule has 0 atom stereocenters. The van der Waals surface area contributed by atoms with Crippen molar-refractivity contribution in [2.75, 3.05) is 11.5 Å². The number of amides is 1. The second kappa shape index (κ2) is 17.4. The maximum atomic E-state index is 12.7. The standard InChI is InChI=1S/C37H49N3O2/c1-3-4-5-6-7-8-9-10-11-12-13-16-25-42-36-23-18-20-33(27-36)30-40(31(2)41)34-22-17-19-32(26-34)28-37-38-29-35-21-14-15-24-39(35)37/h14-15,17-24,26-27,29H,3-13,16,25,28,30H2,1-2H3/p+1. The van der Waals surface area contributed by atoms with Gasteiger partial charge in [-0.25, -0.2) is 4.98 Å². The predicted molar refractivity (Wildman–Crippen MR) is 173 cm³/mol. The van der Waals surface area contributed by atoms with Crippen LogP contribution in [0.4, 0.5) is 5.69 Å². The number of anilines is 1. The molecule has 42 heavy (non-hydrogen) atoms. The van der Waals surface area contributed by atoms with E-state index in [2.05, 4.69) is 52.8 Å². The summed E-state index contributed by atoms with van der Waals surface area (Å²) < 4.78 is 8.25. The summed E-state index contributed by atoms with van der Waals surface area (Å²) in [5, 5.41) is 0. The number of unbranched alkanes of at least 4 members (excludes halogenated alkanes) is 11. The van der Waals surface area contributed by atoms with Gasteiger partial charge in [0, 0.05) is 12.6 Å². The molecule has 0 radical (unpaired) electrons. The molecule has 2 aromatic carbocycles. The Hall–Kier alpha value is -3.60. The normalized spacial score (nSPS) is 11.2. The number of imidazole rings is 1. The third-order valence-electron chi connectivity index (χ3n) is 8.05. The van der Waals surface area contributed by atoms with Crippen LogP contribution in [0.1, 0.15) is 108 Å². The number of ether oxygens (including phenoxy) is 1. The molecule has 2 aromatic heterocycles. The highest BCUT2D eigenvalue weighted by Gasteiger charge is 2.16. The van der Waals surface area contributed by atoms with Crippen LogP contribution in [0, 0.1) is 0 Å². The summed E-state index contributed by atoms with van der Waals surface area (Å²) in [7, 11) is 0. The van der Waals surface area contributed by atoms with Gasteiger partial charge < -0.3 is 9.64 Å². The second-order valence-corrected chi connectivity index (χ2v) is 11.6. The molecule has 1 amide bonds. The van der Waals surface area contributed by atoms with Gasteiger partial charge in [0.15, 0.2) is 5.52 Å². The van der Waals surface area contributed by atoms with Crippen LogP contribution < -0.4 is 14.0 Å². The number of fused-ring (bicyclic) bond motifs is 1. The number of pyridine rings is 1. The fourth-order valence-corrected chi connectivity index (χ4v) is 5.64. The van der Waals surface area contributed by atoms with Gasteiger partial charge in [-0.1, -0.05) is 108 Å². The van der Waals surface area contributed by atoms with Gasteiger partial charge in [-0.15, -0.1) is 0 Å². The first-order valence-corrected chi connectivity index (χ1v) is 16.2. The zero-order valence-corrected chi connectivity index (χ0v) is 25.8. The largest absolute Gasteiger partial charge is 0.494 e. The topological polar surface area (TPSA) is 49.4 Å². The van der Waals surface area contributed by atoms with Crippen molar-refractivity contribution in [2.24, 2.45) is 0 Å². The SMILES string of the molecule is CCCCCCCCCCCCCCOc1cccc(CN(C(C)=O)c2cccc(Cc3[nH]cc4cccc[n+]34)c2)c1. The highest BCUT2D eigenvalue weighted by molar-refractivity contribution is 5.91. The van der Waals surface area contributed by atoms with E-state index in [9.17, 15) is 4.79 Å². The summed E-state index contributed by atoms with van der Waals surface area (Å²) in [6, 6.07) is 22.6. The van der Waals surface area contributed by atoms with E-state index < -0.39 is 0 Å². The lowest BCUT2D eigenvalue weighted by molar-refractivity contribution is -0.520. The third kappa shape index (κ3) is 10.0. The summed E-state index contributed by atoms with van der Waals surface area (Å²) >= 11 is 0. The number of nitrogens with one attached hydrogen (secondary N) is 1. The summed E-state index contributed by atoms with van der Waals surface area (Å²) in [6.45, 7) is 5.16. The smallest absolute Gasteiger partial charge is 0.263 e. The highest BCUT2D eigenvalue weighted by atomic mass is 16.5. The number of hydrogen-bond donors (Lipinski definition) is 1. The van der Waals surface area contributed by atoms with Crippen LogP contribution in [0.5, 0.6) is 5.75 Å². The molecule has 0 unspecified atom stereocenters. The molecule has 0 aliphatic heterocycles. The summed E-state index contributed by atoms with van der Waals surface area (Å²) in [6.07, 6.45) is 20.9. The Labute approximate surface area is 252 Å². The van der Waals surface area contributed by atoms with E-state index >= 15 is 0 Å². The molecule has 1 N–H and O–H groups in total. The minimum Gasteiger partial charge on any atom is -0.494 e. The van der Waals surface area contributed by atoms with Gasteiger partial charge in [-0.2, -0.15) is 4.40 Å². The van der Waals surface area contributed by atoms with Crippen LogP contribution in [-0.4, -0.2) is 17.5 Å². The van der Waals surface area contributed by atoms with E-state index in [1.807, 2.05) is 47.5 Å². The van der Waals surface area contributed by atoms with Gasteiger partial charge in [-0.05, 0) is 53.9 Å². The quantitative estimate of drug-likeness (QED) is 0.0906. The molecule has 4 rings (SSSR count). The van der Waals surface area contributed by atoms with Gasteiger partial charge in [0.25, 0.3) is 5.82 Å². The number of carbonyl (C=O) groups excluding carboxylic acids is 1. The zero-order valence-electron chi connectivity index (χ0n) is 25.8. The molecule has 0 bridgehead atoms. The average molecular weight is 569 g/mol. The molecule has 0 fully saturated rings. The lowest BCUT2D eigenvalue weighted by Gasteiger charge is -2.22. The van der Waals surface area contributed by atoms with Gasteiger partial charge >= 0.3 is 0 Å². The molecule has 0 saturated heterocycles. The van der Waals surface area contributed by atoms with Crippen molar-refractivity contribution >= 4 is 17.1 Å². The summed E-state index contributed by atoms with van der Waals surface area (Å²) in [4.78, 5) is 18.0. The van der Waals surface area contributed by atoms with Crippen LogP contribution in [-0.2, 0) is 17.8 Å². The van der Waals surface area contributed by atoms with Crippen molar-refractivity contribution in [3.05, 3.63) is 96.1 Å². The lowest BCUT2D eigenvalue weighted by atomic mass is 10.1. The van der Waals surface area contributed by atoms with Crippen molar-refractivity contribution in [2.45, 2.75) is 104 Å². The van der Waals surface area contributed by atoms with Crippen molar-refractivity contribution in [3.63, 3.8) is 0 Å². The Morgan fingerprint density at radius 3 is 2.21 bits per heavy atom. The number of nitrogens with zero attached hydrogens (tertiary/aromatic N) is 2. The molecule has 5 heteroatoms. The third-order valence-corrected chi connectivity index (χ3v) is 8.05. The molecule has 5 nitrogen and oxygen atoms in total. The van der Waals surface area contributed by atoms with Crippen molar-refractivity contribution < 1.29 is 13.9 Å². The van der Waals surface area contributed by atoms with Crippen molar-refractivity contribution in [1.82, 2.24) is 4.98 Å². The second-order valence-electron chi connectivity index (χ2n) is 11.6. The Kier molecular flexibility index (Phi) is 13.0. The molecule has 0 aliphatic rings. The van der Waals surface area contributed by atoms with E-state index in [4.69, 9.17) is 4.74 Å². The van der Waals surface area contributed by atoms with E-state index in [0.29, 0.717) is 6.54 Å². The molecular weight excluding hydrogens is 518 g/mol. The number of hydrogen-bond acceptors (Lipinski definition) is 2. The first kappa shape index (κ1) is 31.3. The Bertz CT molecular complexity index is 1360. The van der Waals surface area contributed by atoms with Crippen molar-refractivity contribution in [3.8, 4) is 5.75 Å². The maximum Gasteiger partial charge on any atom is 0.263 e. The number of aromatic amines is 1. The van der Waals surface area contributed by atoms with Crippen LogP contribution in [0.3, 0.4) is 0 Å². The summed E-state index contributed by atoms with van der Waals surface area (Å²) in [5.74, 6) is 2.01. The number of rotatable bonds is 19. The van der Waals surface area contributed by atoms with E-state index in [-0.39, 0.29) is 5.91 Å². The van der Waals surface area contributed by atoms with Crippen LogP contribution in [0.15, 0.2) is 79.1 Å². The maximum absolute atomic E-state index is 12.7. The van der Waals surface area contributed by atoms with E-state index in [0.717, 1.165) is 53.4 Å². The van der Waals surface area contributed by atoms with Crippen LogP contribution >= 0.6 is 0 Å². The zero-order chi connectivity index (χ0) is 29.4. The Morgan fingerprint density at radius 2 is 1.48 bits per heavy atom.